The average Bonchev–Trinajstić information content (AvgIpc) is 2.56. The standard InChI is InChI=1S/C19H22ClN3O2/c1-12-4-9-17(13(2)10-12)22-19(25)23-18(24)11-21-14(3)15-5-7-16(20)8-6-15/h4-10,14,21H,11H2,1-3H3,(H2,22,23,24,25)/p+1/t14-/m0/s1. The summed E-state index contributed by atoms with van der Waals surface area (Å²) in [6.45, 7) is 6.04. The van der Waals surface area contributed by atoms with Crippen molar-refractivity contribution in [3.05, 3.63) is 64.2 Å². The van der Waals surface area contributed by atoms with Crippen LogP contribution in [0.1, 0.15) is 29.7 Å². The minimum absolute atomic E-state index is 0.0884. The van der Waals surface area contributed by atoms with E-state index in [0.717, 1.165) is 16.7 Å². The van der Waals surface area contributed by atoms with E-state index in [1.807, 2.05) is 68.6 Å². The van der Waals surface area contributed by atoms with E-state index in [4.69, 9.17) is 11.6 Å². The minimum Gasteiger partial charge on any atom is -0.333 e. The maximum Gasteiger partial charge on any atom is 0.326 e. The van der Waals surface area contributed by atoms with Crippen molar-refractivity contribution in [1.82, 2.24) is 5.32 Å². The van der Waals surface area contributed by atoms with Crippen LogP contribution in [0, 0.1) is 13.8 Å². The van der Waals surface area contributed by atoms with Gasteiger partial charge in [0.25, 0.3) is 5.91 Å². The van der Waals surface area contributed by atoms with Crippen LogP contribution >= 0.6 is 11.6 Å². The fourth-order valence-corrected chi connectivity index (χ4v) is 2.60. The monoisotopic (exact) mass is 360 g/mol. The Bertz CT molecular complexity index is 760. The van der Waals surface area contributed by atoms with Crippen molar-refractivity contribution in [1.29, 1.82) is 0 Å². The fourth-order valence-electron chi connectivity index (χ4n) is 2.47. The second kappa shape index (κ2) is 8.65. The lowest BCUT2D eigenvalue weighted by Crippen LogP contribution is -2.87. The number of halogens is 1. The van der Waals surface area contributed by atoms with Crippen LogP contribution in [0.5, 0.6) is 0 Å². The largest absolute Gasteiger partial charge is 0.333 e. The van der Waals surface area contributed by atoms with Crippen LogP contribution in [0.4, 0.5) is 10.5 Å². The third-order valence-electron chi connectivity index (χ3n) is 3.94. The summed E-state index contributed by atoms with van der Waals surface area (Å²) in [5, 5.41) is 7.58. The molecule has 0 bridgehead atoms. The molecule has 2 aromatic carbocycles. The molecule has 0 spiro atoms. The summed E-state index contributed by atoms with van der Waals surface area (Å²) < 4.78 is 0. The third-order valence-corrected chi connectivity index (χ3v) is 4.19. The number of imide groups is 1. The number of carbonyl (C=O) groups excluding carboxylic acids is 2. The van der Waals surface area contributed by atoms with Gasteiger partial charge in [-0.15, -0.1) is 0 Å². The molecule has 3 amide bonds. The first kappa shape index (κ1) is 19.0. The number of nitrogens with one attached hydrogen (secondary N) is 2. The van der Waals surface area contributed by atoms with E-state index in [1.54, 1.807) is 0 Å². The lowest BCUT2D eigenvalue weighted by Gasteiger charge is -2.12. The number of rotatable bonds is 5. The zero-order valence-corrected chi connectivity index (χ0v) is 15.4. The second-order valence-corrected chi connectivity index (χ2v) is 6.54. The molecule has 0 aliphatic heterocycles. The Morgan fingerprint density at radius 3 is 2.44 bits per heavy atom. The molecule has 0 heterocycles. The van der Waals surface area contributed by atoms with E-state index < -0.39 is 6.03 Å². The number of amides is 3. The summed E-state index contributed by atoms with van der Waals surface area (Å²) in [5.41, 5.74) is 3.82. The maximum absolute atomic E-state index is 11.9. The highest BCUT2D eigenvalue weighted by atomic mass is 35.5. The molecular formula is C19H23ClN3O2+. The molecule has 2 rings (SSSR count). The number of hydrogen-bond acceptors (Lipinski definition) is 2. The number of benzene rings is 2. The van der Waals surface area contributed by atoms with Gasteiger partial charge in [-0.1, -0.05) is 41.4 Å². The number of quaternary nitrogens is 1. The van der Waals surface area contributed by atoms with Crippen molar-refractivity contribution in [2.24, 2.45) is 0 Å². The Morgan fingerprint density at radius 1 is 1.12 bits per heavy atom. The van der Waals surface area contributed by atoms with Crippen molar-refractivity contribution in [3.8, 4) is 0 Å². The highest BCUT2D eigenvalue weighted by Gasteiger charge is 2.14. The number of anilines is 1. The molecule has 1 atom stereocenters. The van der Waals surface area contributed by atoms with Crippen molar-refractivity contribution in [2.75, 3.05) is 11.9 Å². The predicted octanol–water partition coefficient (Wildman–Crippen LogP) is 2.93. The van der Waals surface area contributed by atoms with Crippen molar-refractivity contribution in [2.45, 2.75) is 26.8 Å². The van der Waals surface area contributed by atoms with Gasteiger partial charge in [-0.2, -0.15) is 0 Å². The molecule has 0 saturated heterocycles. The molecule has 25 heavy (non-hydrogen) atoms. The van der Waals surface area contributed by atoms with Gasteiger partial charge in [-0.3, -0.25) is 10.1 Å². The Kier molecular flexibility index (Phi) is 6.56. The van der Waals surface area contributed by atoms with Crippen LogP contribution < -0.4 is 16.0 Å². The molecule has 0 unspecified atom stereocenters. The number of nitrogens with two attached hydrogens (primary N) is 1. The van der Waals surface area contributed by atoms with Crippen LogP contribution in [-0.4, -0.2) is 18.5 Å². The Labute approximate surface area is 152 Å². The van der Waals surface area contributed by atoms with Crippen LogP contribution in [0.3, 0.4) is 0 Å². The van der Waals surface area contributed by atoms with Gasteiger partial charge in [0.05, 0.1) is 0 Å². The quantitative estimate of drug-likeness (QED) is 0.766. The topological polar surface area (TPSA) is 74.8 Å². The molecule has 0 saturated carbocycles. The van der Waals surface area contributed by atoms with E-state index in [0.29, 0.717) is 10.7 Å². The summed E-state index contributed by atoms with van der Waals surface area (Å²) in [6, 6.07) is 12.8. The van der Waals surface area contributed by atoms with Crippen LogP contribution in [0.25, 0.3) is 0 Å². The van der Waals surface area contributed by atoms with Crippen molar-refractivity contribution < 1.29 is 14.9 Å². The Hall–Kier alpha value is -2.37. The van der Waals surface area contributed by atoms with E-state index in [2.05, 4.69) is 10.6 Å². The normalized spacial score (nSPS) is 11.7. The summed E-state index contributed by atoms with van der Waals surface area (Å²) in [4.78, 5) is 23.9. The van der Waals surface area contributed by atoms with E-state index in [-0.39, 0.29) is 18.5 Å². The first-order chi connectivity index (χ1) is 11.8. The molecule has 0 radical (unpaired) electrons. The van der Waals surface area contributed by atoms with E-state index >= 15 is 0 Å². The highest BCUT2D eigenvalue weighted by molar-refractivity contribution is 6.30. The van der Waals surface area contributed by atoms with Crippen LogP contribution in [0.15, 0.2) is 42.5 Å². The van der Waals surface area contributed by atoms with Gasteiger partial charge in [0.15, 0.2) is 6.54 Å². The summed E-state index contributed by atoms with van der Waals surface area (Å²) in [5.74, 6) is -0.344. The molecule has 132 valence electrons. The van der Waals surface area contributed by atoms with Gasteiger partial charge in [-0.25, -0.2) is 4.79 Å². The molecule has 0 aliphatic rings. The predicted molar refractivity (Wildman–Crippen MR) is 99.7 cm³/mol. The minimum atomic E-state index is -0.524. The molecule has 4 N–H and O–H groups in total. The van der Waals surface area contributed by atoms with Crippen molar-refractivity contribution in [3.63, 3.8) is 0 Å². The molecule has 0 fully saturated rings. The smallest absolute Gasteiger partial charge is 0.326 e. The lowest BCUT2D eigenvalue weighted by atomic mass is 10.1. The number of aryl methyl sites for hydroxylation is 2. The van der Waals surface area contributed by atoms with Gasteiger partial charge in [-0.05, 0) is 44.5 Å². The number of hydrogen-bond donors (Lipinski definition) is 3. The second-order valence-electron chi connectivity index (χ2n) is 6.10. The van der Waals surface area contributed by atoms with Gasteiger partial charge < -0.3 is 10.6 Å². The SMILES string of the molecule is Cc1ccc(NC(=O)NC(=O)C[NH2+][C@@H](C)c2ccc(Cl)cc2)c(C)c1. The Balaban J connectivity index is 1.81. The third kappa shape index (κ3) is 5.89. The van der Waals surface area contributed by atoms with Crippen LogP contribution in [0.2, 0.25) is 5.02 Å². The van der Waals surface area contributed by atoms with Gasteiger partial charge in [0, 0.05) is 16.3 Å². The highest BCUT2D eigenvalue weighted by Crippen LogP contribution is 2.15. The van der Waals surface area contributed by atoms with E-state index in [9.17, 15) is 9.59 Å². The molecule has 6 heteroatoms. The zero-order valence-electron chi connectivity index (χ0n) is 14.6. The van der Waals surface area contributed by atoms with Gasteiger partial charge in [0.1, 0.15) is 6.04 Å². The fraction of sp³-hybridized carbons (Fsp3) is 0.263. The average molecular weight is 361 g/mol. The Morgan fingerprint density at radius 2 is 1.80 bits per heavy atom. The summed E-state index contributed by atoms with van der Waals surface area (Å²) in [6.07, 6.45) is 0. The molecule has 0 aromatic heterocycles. The molecule has 0 aliphatic carbocycles. The molecule has 5 nitrogen and oxygen atoms in total. The summed E-state index contributed by atoms with van der Waals surface area (Å²) in [7, 11) is 0. The number of carbonyl (C=O) groups is 2. The summed E-state index contributed by atoms with van der Waals surface area (Å²) >= 11 is 5.87. The van der Waals surface area contributed by atoms with Crippen LogP contribution in [-0.2, 0) is 4.79 Å². The first-order valence-electron chi connectivity index (χ1n) is 8.12. The molecular weight excluding hydrogens is 338 g/mol. The number of urea groups is 1. The molecule has 2 aromatic rings. The van der Waals surface area contributed by atoms with Gasteiger partial charge >= 0.3 is 6.03 Å². The van der Waals surface area contributed by atoms with E-state index in [1.165, 1.54) is 0 Å². The van der Waals surface area contributed by atoms with Crippen molar-refractivity contribution >= 4 is 29.2 Å². The first-order valence-corrected chi connectivity index (χ1v) is 8.50. The lowest BCUT2D eigenvalue weighted by molar-refractivity contribution is -0.682. The zero-order chi connectivity index (χ0) is 18.4. The van der Waals surface area contributed by atoms with Gasteiger partial charge in [0.2, 0.25) is 0 Å². The maximum atomic E-state index is 11.9.